The molecule has 0 unspecified atom stereocenters. The molecule has 0 aromatic heterocycles. The Morgan fingerprint density at radius 3 is 2.37 bits per heavy atom. The zero-order chi connectivity index (χ0) is 29.9. The van der Waals surface area contributed by atoms with E-state index in [1.54, 1.807) is 42.5 Å². The number of para-hydroxylation sites is 1. The molecule has 1 spiro atoms. The van der Waals surface area contributed by atoms with Gasteiger partial charge < -0.3 is 19.7 Å². The van der Waals surface area contributed by atoms with E-state index in [9.17, 15) is 9.59 Å². The molecule has 0 saturated carbocycles. The van der Waals surface area contributed by atoms with Crippen molar-refractivity contribution >= 4 is 40.8 Å². The van der Waals surface area contributed by atoms with Crippen molar-refractivity contribution in [2.75, 3.05) is 19.5 Å². The highest BCUT2D eigenvalue weighted by Crippen LogP contribution is 2.62. The normalized spacial score (nSPS) is 22.9. The number of anilines is 1. The lowest BCUT2D eigenvalue weighted by Gasteiger charge is -2.38. The molecule has 214 valence electrons. The number of halogens is 1. The van der Waals surface area contributed by atoms with Crippen molar-refractivity contribution in [3.8, 4) is 11.5 Å². The topological polar surface area (TPSA) is 84.9 Å². The molecule has 1 fully saturated rings. The first-order valence-electron chi connectivity index (χ1n) is 13.9. The molecule has 3 heterocycles. The molecule has 1 N–H and O–H groups in total. The average Bonchev–Trinajstić information content (AvgIpc) is 3.52. The number of amides is 1. The van der Waals surface area contributed by atoms with Gasteiger partial charge in [0, 0.05) is 23.0 Å². The molecule has 1 saturated heterocycles. The maximum Gasteiger partial charge on any atom is 0.238 e. The summed E-state index contributed by atoms with van der Waals surface area (Å²) in [5, 5.41) is 3.34. The third-order valence-electron chi connectivity index (χ3n) is 8.93. The number of ketones is 2. The van der Waals surface area contributed by atoms with Crippen LogP contribution in [0.25, 0.3) is 6.08 Å². The predicted molar refractivity (Wildman–Crippen MR) is 164 cm³/mol. The molecule has 3 aliphatic heterocycles. The Bertz CT molecular complexity index is 1850. The minimum Gasteiger partial charge on any atom is -0.493 e. The van der Waals surface area contributed by atoms with E-state index in [0.717, 1.165) is 11.1 Å². The van der Waals surface area contributed by atoms with Crippen LogP contribution in [0.15, 0.2) is 97.2 Å². The van der Waals surface area contributed by atoms with Crippen molar-refractivity contribution in [3.63, 3.8) is 0 Å². The largest absolute Gasteiger partial charge is 0.493 e. The highest BCUT2D eigenvalue weighted by atomic mass is 35.5. The predicted octanol–water partition coefficient (Wildman–Crippen LogP) is 6.34. The van der Waals surface area contributed by atoms with Gasteiger partial charge in [0.25, 0.3) is 0 Å². The fraction of sp³-hybridized carbons (Fsp3) is 0.171. The highest BCUT2D eigenvalue weighted by Gasteiger charge is 2.70. The number of fused-ring (bicyclic) bond motifs is 6. The lowest BCUT2D eigenvalue weighted by Crippen LogP contribution is -2.49. The second-order valence-electron chi connectivity index (χ2n) is 10.9. The molecule has 1 amide bonds. The minimum absolute atomic E-state index is 0.278. The van der Waals surface area contributed by atoms with Gasteiger partial charge in [0.05, 0.1) is 31.2 Å². The Morgan fingerprint density at radius 2 is 1.58 bits per heavy atom. The van der Waals surface area contributed by atoms with E-state index >= 15 is 4.79 Å². The Labute approximate surface area is 253 Å². The maximum absolute atomic E-state index is 15.0. The monoisotopic (exact) mass is 590 g/mol. The number of carbonyl (C=O) groups is 3. The fourth-order valence-corrected chi connectivity index (χ4v) is 7.39. The number of methoxy groups -OCH3 is 2. The molecule has 8 heteroatoms. The van der Waals surface area contributed by atoms with Crippen molar-refractivity contribution in [2.45, 2.75) is 17.5 Å². The van der Waals surface area contributed by atoms with Gasteiger partial charge >= 0.3 is 0 Å². The van der Waals surface area contributed by atoms with Gasteiger partial charge in [-0.2, -0.15) is 0 Å². The van der Waals surface area contributed by atoms with Crippen LogP contribution in [0.1, 0.15) is 43.4 Å². The van der Waals surface area contributed by atoms with E-state index in [-0.39, 0.29) is 28.1 Å². The number of carbonyl (C=O) groups excluding carboxylic acids is 3. The number of ether oxygens (including phenoxy) is 2. The van der Waals surface area contributed by atoms with E-state index in [1.165, 1.54) is 14.2 Å². The van der Waals surface area contributed by atoms with Crippen molar-refractivity contribution in [1.82, 2.24) is 4.90 Å². The van der Waals surface area contributed by atoms with Crippen molar-refractivity contribution in [3.05, 3.63) is 130 Å². The van der Waals surface area contributed by atoms with E-state index < -0.39 is 23.4 Å². The lowest BCUT2D eigenvalue weighted by molar-refractivity contribution is -0.122. The summed E-state index contributed by atoms with van der Waals surface area (Å²) in [4.78, 5) is 46.1. The van der Waals surface area contributed by atoms with Crippen LogP contribution in [0.2, 0.25) is 5.02 Å². The molecule has 4 aromatic rings. The van der Waals surface area contributed by atoms with Gasteiger partial charge in [0.1, 0.15) is 11.5 Å². The lowest BCUT2D eigenvalue weighted by atomic mass is 9.62. The molecule has 4 aromatic carbocycles. The third-order valence-corrected chi connectivity index (χ3v) is 9.26. The summed E-state index contributed by atoms with van der Waals surface area (Å²) >= 11 is 6.58. The van der Waals surface area contributed by atoms with Gasteiger partial charge in [0.15, 0.2) is 23.1 Å². The summed E-state index contributed by atoms with van der Waals surface area (Å²) in [5.74, 6) is -1.33. The van der Waals surface area contributed by atoms with E-state index in [2.05, 4.69) is 5.32 Å². The van der Waals surface area contributed by atoms with E-state index in [1.807, 2.05) is 65.7 Å². The zero-order valence-corrected chi connectivity index (χ0v) is 24.2. The number of rotatable bonds is 6. The second kappa shape index (κ2) is 10.1. The summed E-state index contributed by atoms with van der Waals surface area (Å²) in [6.07, 6.45) is 3.76. The summed E-state index contributed by atoms with van der Waals surface area (Å²) in [7, 11) is 3.01. The van der Waals surface area contributed by atoms with Crippen LogP contribution in [-0.4, -0.2) is 42.6 Å². The zero-order valence-electron chi connectivity index (χ0n) is 23.4. The number of benzene rings is 4. The fourth-order valence-electron chi connectivity index (χ4n) is 7.16. The van der Waals surface area contributed by atoms with Gasteiger partial charge in [-0.1, -0.05) is 66.2 Å². The van der Waals surface area contributed by atoms with Crippen LogP contribution in [0.5, 0.6) is 11.5 Å². The summed E-state index contributed by atoms with van der Waals surface area (Å²) in [5.41, 5.74) is 2.22. The molecule has 43 heavy (non-hydrogen) atoms. The van der Waals surface area contributed by atoms with Crippen LogP contribution in [0, 0.1) is 5.92 Å². The number of hydrogen-bond donors (Lipinski definition) is 1. The van der Waals surface area contributed by atoms with E-state index in [4.69, 9.17) is 21.1 Å². The number of nitrogens with one attached hydrogen (secondary N) is 1. The standard InChI is InChI=1S/C35H27ClN2O5/c1-42-27-16-15-21(19-28(27)43-2)31(39)29-30(32(40)23-11-5-7-13-25(23)36)38-18-17-20-9-3-4-10-22(20)33(38)35(29)24-12-6-8-14-26(24)37-34(35)41/h3-19,29-30,33H,1-2H3,(H,37,41)/t29-,30+,33+,35-/m0/s1. The average molecular weight is 591 g/mol. The van der Waals surface area contributed by atoms with Gasteiger partial charge in [0.2, 0.25) is 5.91 Å². The van der Waals surface area contributed by atoms with Crippen LogP contribution >= 0.6 is 11.6 Å². The summed E-state index contributed by atoms with van der Waals surface area (Å²) in [6, 6.07) is 25.2. The third kappa shape index (κ3) is 3.78. The van der Waals surface area contributed by atoms with Gasteiger partial charge in [-0.3, -0.25) is 14.4 Å². The Hall–Kier alpha value is -4.88. The number of nitrogens with zero attached hydrogens (tertiary/aromatic N) is 1. The summed E-state index contributed by atoms with van der Waals surface area (Å²) in [6.45, 7) is 0. The Kier molecular flexibility index (Phi) is 6.36. The first kappa shape index (κ1) is 27.0. The number of hydrogen-bond acceptors (Lipinski definition) is 6. The molecule has 4 atom stereocenters. The first-order chi connectivity index (χ1) is 20.9. The van der Waals surface area contributed by atoms with Gasteiger partial charge in [-0.05, 0) is 59.2 Å². The van der Waals surface area contributed by atoms with Crippen molar-refractivity contribution < 1.29 is 23.9 Å². The summed E-state index contributed by atoms with van der Waals surface area (Å²) < 4.78 is 10.9. The van der Waals surface area contributed by atoms with Crippen LogP contribution in [0.3, 0.4) is 0 Å². The first-order valence-corrected chi connectivity index (χ1v) is 14.3. The minimum atomic E-state index is -1.44. The van der Waals surface area contributed by atoms with Gasteiger partial charge in [-0.25, -0.2) is 0 Å². The molecule has 7 rings (SSSR count). The van der Waals surface area contributed by atoms with E-state index in [0.29, 0.717) is 28.3 Å². The van der Waals surface area contributed by atoms with Crippen molar-refractivity contribution in [1.29, 1.82) is 0 Å². The van der Waals surface area contributed by atoms with Crippen molar-refractivity contribution in [2.24, 2.45) is 5.92 Å². The molecule has 0 bridgehead atoms. The molecule has 3 aliphatic rings. The maximum atomic E-state index is 15.0. The van der Waals surface area contributed by atoms with Crippen LogP contribution in [0.4, 0.5) is 5.69 Å². The Morgan fingerprint density at radius 1 is 0.860 bits per heavy atom. The number of Topliss-reactive ketones (excluding diaryl/α,β-unsaturated/α-hetero) is 2. The smallest absolute Gasteiger partial charge is 0.238 e. The molecule has 7 nitrogen and oxygen atoms in total. The quantitative estimate of drug-likeness (QED) is 0.264. The molecule has 0 radical (unpaired) electrons. The second-order valence-corrected chi connectivity index (χ2v) is 11.3. The SMILES string of the molecule is COc1ccc(C(=O)[C@@H]2[C@H](C(=O)c3ccccc3Cl)N3C=Cc4ccccc4[C@@H]3[C@@]23C(=O)Nc2ccccc23)cc1OC. The van der Waals surface area contributed by atoms with Gasteiger partial charge in [-0.15, -0.1) is 0 Å². The molecular weight excluding hydrogens is 564 g/mol. The van der Waals surface area contributed by atoms with Crippen LogP contribution < -0.4 is 14.8 Å². The Balaban J connectivity index is 1.54. The molecular formula is C35H27ClN2O5. The highest BCUT2D eigenvalue weighted by molar-refractivity contribution is 6.34. The molecule has 0 aliphatic carbocycles. The van der Waals surface area contributed by atoms with Crippen LogP contribution in [-0.2, 0) is 10.2 Å².